The van der Waals surface area contributed by atoms with Crippen molar-refractivity contribution < 1.29 is 0 Å². The molecule has 4 atom stereocenters. The van der Waals surface area contributed by atoms with Crippen molar-refractivity contribution in [3.8, 4) is 0 Å². The molecule has 0 aromatic rings. The summed E-state index contributed by atoms with van der Waals surface area (Å²) in [5, 5.41) is 3.92. The molecule has 17 heavy (non-hydrogen) atoms. The van der Waals surface area contributed by atoms with Gasteiger partial charge in [0.1, 0.15) is 0 Å². The maximum absolute atomic E-state index is 3.92. The predicted molar refractivity (Wildman–Crippen MR) is 74.3 cm³/mol. The van der Waals surface area contributed by atoms with Crippen LogP contribution in [0.4, 0.5) is 0 Å². The zero-order valence-electron chi connectivity index (χ0n) is 11.9. The van der Waals surface area contributed by atoms with E-state index < -0.39 is 0 Å². The van der Waals surface area contributed by atoms with Gasteiger partial charge in [0.05, 0.1) is 0 Å². The van der Waals surface area contributed by atoms with Gasteiger partial charge in [0.25, 0.3) is 0 Å². The SMILES string of the molecule is CCC(C)N(C)CC1CCC2CCCCC2N1. The minimum Gasteiger partial charge on any atom is -0.310 e. The van der Waals surface area contributed by atoms with E-state index in [0.29, 0.717) is 0 Å². The highest BCUT2D eigenvalue weighted by Crippen LogP contribution is 2.32. The highest BCUT2D eigenvalue weighted by atomic mass is 15.2. The monoisotopic (exact) mass is 238 g/mol. The molecule has 0 aromatic carbocycles. The molecule has 2 heteroatoms. The number of likely N-dealkylation sites (N-methyl/N-ethyl adjacent to an activating group) is 1. The third-order valence-corrected chi connectivity index (χ3v) is 5.10. The van der Waals surface area contributed by atoms with Gasteiger partial charge < -0.3 is 10.2 Å². The smallest absolute Gasteiger partial charge is 0.0197 e. The van der Waals surface area contributed by atoms with E-state index in [9.17, 15) is 0 Å². The molecule has 2 fully saturated rings. The summed E-state index contributed by atoms with van der Waals surface area (Å²) in [5.41, 5.74) is 0. The maximum Gasteiger partial charge on any atom is 0.0197 e. The van der Waals surface area contributed by atoms with Crippen LogP contribution in [0, 0.1) is 5.92 Å². The Morgan fingerprint density at radius 3 is 2.71 bits per heavy atom. The topological polar surface area (TPSA) is 15.3 Å². The Balaban J connectivity index is 1.79. The van der Waals surface area contributed by atoms with Gasteiger partial charge in [0, 0.05) is 24.7 Å². The van der Waals surface area contributed by atoms with Gasteiger partial charge in [-0.15, -0.1) is 0 Å². The number of hydrogen-bond acceptors (Lipinski definition) is 2. The van der Waals surface area contributed by atoms with Gasteiger partial charge in [-0.3, -0.25) is 0 Å². The molecular formula is C15H30N2. The summed E-state index contributed by atoms with van der Waals surface area (Å²) in [7, 11) is 2.28. The van der Waals surface area contributed by atoms with Crippen LogP contribution in [0.1, 0.15) is 58.8 Å². The molecule has 2 nitrogen and oxygen atoms in total. The fourth-order valence-electron chi connectivity index (χ4n) is 3.56. The second kappa shape index (κ2) is 6.19. The lowest BCUT2D eigenvalue weighted by Gasteiger charge is -2.42. The van der Waals surface area contributed by atoms with Crippen molar-refractivity contribution in [2.45, 2.75) is 76.9 Å². The minimum atomic E-state index is 0.723. The third-order valence-electron chi connectivity index (χ3n) is 5.10. The summed E-state index contributed by atoms with van der Waals surface area (Å²) >= 11 is 0. The summed E-state index contributed by atoms with van der Waals surface area (Å²) in [4.78, 5) is 2.53. The van der Waals surface area contributed by atoms with Crippen LogP contribution < -0.4 is 5.32 Å². The molecule has 0 bridgehead atoms. The quantitative estimate of drug-likeness (QED) is 0.810. The summed E-state index contributed by atoms with van der Waals surface area (Å²) < 4.78 is 0. The molecule has 2 rings (SSSR count). The van der Waals surface area contributed by atoms with Crippen molar-refractivity contribution in [2.75, 3.05) is 13.6 Å². The molecule has 0 spiro atoms. The van der Waals surface area contributed by atoms with Crippen LogP contribution in [0.25, 0.3) is 0 Å². The zero-order valence-corrected chi connectivity index (χ0v) is 11.9. The van der Waals surface area contributed by atoms with Crippen LogP contribution in [-0.4, -0.2) is 36.6 Å². The standard InChI is InChI=1S/C15H30N2/c1-4-12(2)17(3)11-14-10-9-13-7-5-6-8-15(13)16-14/h12-16H,4-11H2,1-3H3. The minimum absolute atomic E-state index is 0.723. The molecule has 1 N–H and O–H groups in total. The summed E-state index contributed by atoms with van der Waals surface area (Å²) in [5.74, 6) is 0.994. The van der Waals surface area contributed by atoms with E-state index in [1.165, 1.54) is 51.5 Å². The van der Waals surface area contributed by atoms with E-state index in [0.717, 1.165) is 24.0 Å². The van der Waals surface area contributed by atoms with Crippen LogP contribution in [0.2, 0.25) is 0 Å². The highest BCUT2D eigenvalue weighted by Gasteiger charge is 2.31. The molecule has 2 aliphatic rings. The normalized spacial score (nSPS) is 35.6. The van der Waals surface area contributed by atoms with Crippen molar-refractivity contribution in [2.24, 2.45) is 5.92 Å². The highest BCUT2D eigenvalue weighted by molar-refractivity contribution is 4.90. The lowest BCUT2D eigenvalue weighted by molar-refractivity contribution is 0.139. The van der Waals surface area contributed by atoms with E-state index in [2.05, 4.69) is 31.1 Å². The molecular weight excluding hydrogens is 208 g/mol. The Bertz CT molecular complexity index is 227. The van der Waals surface area contributed by atoms with Gasteiger partial charge in [0.2, 0.25) is 0 Å². The van der Waals surface area contributed by atoms with Gasteiger partial charge in [-0.2, -0.15) is 0 Å². The molecule has 1 saturated carbocycles. The van der Waals surface area contributed by atoms with Crippen molar-refractivity contribution >= 4 is 0 Å². The summed E-state index contributed by atoms with van der Waals surface area (Å²) in [6.45, 7) is 5.86. The van der Waals surface area contributed by atoms with Crippen molar-refractivity contribution in [3.05, 3.63) is 0 Å². The van der Waals surface area contributed by atoms with E-state index in [-0.39, 0.29) is 0 Å². The van der Waals surface area contributed by atoms with Gasteiger partial charge in [-0.05, 0) is 52.0 Å². The third kappa shape index (κ3) is 3.45. The second-order valence-corrected chi connectivity index (χ2v) is 6.29. The first-order valence-corrected chi connectivity index (χ1v) is 7.67. The van der Waals surface area contributed by atoms with E-state index in [1.54, 1.807) is 0 Å². The summed E-state index contributed by atoms with van der Waals surface area (Å²) in [6, 6.07) is 2.31. The Kier molecular flexibility index (Phi) is 4.87. The average molecular weight is 238 g/mol. The average Bonchev–Trinajstić information content (AvgIpc) is 2.37. The lowest BCUT2D eigenvalue weighted by Crippen LogP contribution is -2.53. The van der Waals surface area contributed by atoms with Crippen molar-refractivity contribution in [1.82, 2.24) is 10.2 Å². The summed E-state index contributed by atoms with van der Waals surface area (Å²) in [6.07, 6.45) is 9.94. The van der Waals surface area contributed by atoms with Gasteiger partial charge in [0.15, 0.2) is 0 Å². The Morgan fingerprint density at radius 1 is 1.18 bits per heavy atom. The first-order chi connectivity index (χ1) is 8.20. The fourth-order valence-corrected chi connectivity index (χ4v) is 3.56. The van der Waals surface area contributed by atoms with Crippen LogP contribution in [0.15, 0.2) is 0 Å². The molecule has 4 unspecified atom stereocenters. The van der Waals surface area contributed by atoms with Crippen LogP contribution >= 0.6 is 0 Å². The molecule has 100 valence electrons. The number of rotatable bonds is 4. The molecule has 0 radical (unpaired) electrons. The first-order valence-electron chi connectivity index (χ1n) is 7.67. The number of nitrogens with one attached hydrogen (secondary N) is 1. The molecule has 1 aliphatic heterocycles. The molecule has 1 saturated heterocycles. The van der Waals surface area contributed by atoms with Crippen LogP contribution in [0.3, 0.4) is 0 Å². The molecule has 1 heterocycles. The van der Waals surface area contributed by atoms with E-state index in [1.807, 2.05) is 0 Å². The van der Waals surface area contributed by atoms with Crippen molar-refractivity contribution in [3.63, 3.8) is 0 Å². The molecule has 1 aliphatic carbocycles. The number of fused-ring (bicyclic) bond motifs is 1. The molecule has 0 aromatic heterocycles. The Labute approximate surface area is 107 Å². The van der Waals surface area contributed by atoms with E-state index in [4.69, 9.17) is 0 Å². The van der Waals surface area contributed by atoms with Crippen LogP contribution in [-0.2, 0) is 0 Å². The maximum atomic E-state index is 3.92. The first kappa shape index (κ1) is 13.4. The number of nitrogens with zero attached hydrogens (tertiary/aromatic N) is 1. The second-order valence-electron chi connectivity index (χ2n) is 6.29. The Hall–Kier alpha value is -0.0800. The van der Waals surface area contributed by atoms with Gasteiger partial charge in [-0.25, -0.2) is 0 Å². The Morgan fingerprint density at radius 2 is 1.94 bits per heavy atom. The largest absolute Gasteiger partial charge is 0.310 e. The number of piperidine rings is 1. The van der Waals surface area contributed by atoms with Crippen LogP contribution in [0.5, 0.6) is 0 Å². The predicted octanol–water partition coefficient (Wildman–Crippen LogP) is 3.03. The molecule has 0 amide bonds. The fraction of sp³-hybridized carbons (Fsp3) is 1.00. The lowest BCUT2D eigenvalue weighted by atomic mass is 9.77. The van der Waals surface area contributed by atoms with Gasteiger partial charge in [-0.1, -0.05) is 19.8 Å². The number of hydrogen-bond donors (Lipinski definition) is 1. The van der Waals surface area contributed by atoms with Gasteiger partial charge >= 0.3 is 0 Å². The van der Waals surface area contributed by atoms with E-state index >= 15 is 0 Å². The van der Waals surface area contributed by atoms with Crippen molar-refractivity contribution in [1.29, 1.82) is 0 Å². The zero-order chi connectivity index (χ0) is 12.3.